The Hall–Kier alpha value is -2.76. The minimum atomic E-state index is -1.15. The van der Waals surface area contributed by atoms with E-state index in [0.717, 1.165) is 30.2 Å². The van der Waals surface area contributed by atoms with Crippen LogP contribution in [0.2, 0.25) is 0 Å². The smallest absolute Gasteiger partial charge is 0.314 e. The predicted octanol–water partition coefficient (Wildman–Crippen LogP) is 3.10. The maximum Gasteiger partial charge on any atom is 0.314 e. The molecule has 6 heteroatoms. The zero-order valence-electron chi connectivity index (χ0n) is 11.8. The first-order chi connectivity index (χ1) is 10.5. The molecule has 0 aliphatic heterocycles. The second-order valence-corrected chi connectivity index (χ2v) is 4.56. The molecule has 0 aromatic heterocycles. The summed E-state index contributed by atoms with van der Waals surface area (Å²) in [6, 6.07) is 10.0. The van der Waals surface area contributed by atoms with Gasteiger partial charge in [0.2, 0.25) is 0 Å². The Morgan fingerprint density at radius 1 is 0.909 bits per heavy atom. The molecule has 2 aromatic carbocycles. The van der Waals surface area contributed by atoms with E-state index in [2.05, 4.69) is 5.32 Å². The molecule has 4 nitrogen and oxygen atoms in total. The lowest BCUT2D eigenvalue weighted by atomic mass is 10.1. The molecule has 22 heavy (non-hydrogen) atoms. The Kier molecular flexibility index (Phi) is 4.83. The molecule has 0 aliphatic carbocycles. The molecule has 114 valence electrons. The van der Waals surface area contributed by atoms with Gasteiger partial charge in [-0.1, -0.05) is 25.1 Å². The summed E-state index contributed by atoms with van der Waals surface area (Å²) < 4.78 is 26.8. The molecule has 0 saturated heterocycles. The summed E-state index contributed by atoms with van der Waals surface area (Å²) >= 11 is 0. The average molecular weight is 304 g/mol. The van der Waals surface area contributed by atoms with Crippen LogP contribution in [0.4, 0.5) is 20.2 Å². The molecule has 2 aromatic rings. The van der Waals surface area contributed by atoms with Crippen LogP contribution >= 0.6 is 0 Å². The van der Waals surface area contributed by atoms with E-state index in [-0.39, 0.29) is 0 Å². The Balaban J connectivity index is 2.04. The molecule has 2 N–H and O–H groups in total. The predicted molar refractivity (Wildman–Crippen MR) is 79.4 cm³/mol. The summed E-state index contributed by atoms with van der Waals surface area (Å²) in [5, 5.41) is 4.28. The molecule has 0 fully saturated rings. The third-order valence-electron chi connectivity index (χ3n) is 3.03. The van der Waals surface area contributed by atoms with Gasteiger partial charge in [0.05, 0.1) is 0 Å². The summed E-state index contributed by atoms with van der Waals surface area (Å²) in [6.07, 6.45) is 0.848. The fraction of sp³-hybridized carbons (Fsp3) is 0.125. The molecule has 0 unspecified atom stereocenters. The van der Waals surface area contributed by atoms with Crippen molar-refractivity contribution in [3.63, 3.8) is 0 Å². The topological polar surface area (TPSA) is 58.2 Å². The second-order valence-electron chi connectivity index (χ2n) is 4.56. The summed E-state index contributed by atoms with van der Waals surface area (Å²) in [6.45, 7) is 1.99. The Morgan fingerprint density at radius 3 is 2.00 bits per heavy atom. The highest BCUT2D eigenvalue weighted by atomic mass is 19.1. The van der Waals surface area contributed by atoms with Crippen molar-refractivity contribution < 1.29 is 18.4 Å². The Labute approximate surface area is 126 Å². The van der Waals surface area contributed by atoms with Crippen molar-refractivity contribution in [2.24, 2.45) is 0 Å². The van der Waals surface area contributed by atoms with Crippen LogP contribution in [-0.4, -0.2) is 11.8 Å². The zero-order chi connectivity index (χ0) is 16.1. The van der Waals surface area contributed by atoms with Gasteiger partial charge < -0.3 is 10.6 Å². The summed E-state index contributed by atoms with van der Waals surface area (Å²) in [4.78, 5) is 23.4. The first-order valence-electron chi connectivity index (χ1n) is 6.66. The number of hydrogen-bond acceptors (Lipinski definition) is 2. The third kappa shape index (κ3) is 3.66. The number of halogens is 2. The number of aryl methyl sites for hydroxylation is 1. The SMILES string of the molecule is CCc1ccc(NC(=O)C(=O)Nc2c(F)cccc2F)cc1. The van der Waals surface area contributed by atoms with Crippen molar-refractivity contribution in [3.05, 3.63) is 59.7 Å². The molecule has 0 spiro atoms. The van der Waals surface area contributed by atoms with Gasteiger partial charge in [0.1, 0.15) is 17.3 Å². The zero-order valence-corrected chi connectivity index (χ0v) is 11.8. The number of amides is 2. The normalized spacial score (nSPS) is 10.1. The van der Waals surface area contributed by atoms with E-state index in [1.807, 2.05) is 24.4 Å². The quantitative estimate of drug-likeness (QED) is 0.856. The van der Waals surface area contributed by atoms with Gasteiger partial charge in [0, 0.05) is 5.69 Å². The Morgan fingerprint density at radius 2 is 1.45 bits per heavy atom. The standard InChI is InChI=1S/C16H14F2N2O2/c1-2-10-6-8-11(9-7-10)19-15(21)16(22)20-14-12(17)4-3-5-13(14)18/h3-9H,2H2,1H3,(H,19,21)(H,20,22). The van der Waals surface area contributed by atoms with E-state index in [1.54, 1.807) is 12.1 Å². The molecule has 2 rings (SSSR count). The van der Waals surface area contributed by atoms with Crippen LogP contribution in [0.25, 0.3) is 0 Å². The van der Waals surface area contributed by atoms with E-state index in [4.69, 9.17) is 0 Å². The fourth-order valence-corrected chi connectivity index (χ4v) is 1.80. The molecular formula is C16H14F2N2O2. The van der Waals surface area contributed by atoms with E-state index in [1.165, 1.54) is 0 Å². The van der Waals surface area contributed by atoms with E-state index in [0.29, 0.717) is 5.69 Å². The van der Waals surface area contributed by atoms with Crippen molar-refractivity contribution in [2.45, 2.75) is 13.3 Å². The van der Waals surface area contributed by atoms with Gasteiger partial charge >= 0.3 is 11.8 Å². The van der Waals surface area contributed by atoms with Gasteiger partial charge in [0.15, 0.2) is 0 Å². The molecule has 0 radical (unpaired) electrons. The van der Waals surface area contributed by atoms with E-state index >= 15 is 0 Å². The molecular weight excluding hydrogens is 290 g/mol. The highest BCUT2D eigenvalue weighted by molar-refractivity contribution is 6.43. The molecule has 0 bridgehead atoms. The lowest BCUT2D eigenvalue weighted by Crippen LogP contribution is -2.29. The van der Waals surface area contributed by atoms with Crippen molar-refractivity contribution in [2.75, 3.05) is 10.6 Å². The van der Waals surface area contributed by atoms with Crippen molar-refractivity contribution in [3.8, 4) is 0 Å². The van der Waals surface area contributed by atoms with Gasteiger partial charge in [-0.15, -0.1) is 0 Å². The van der Waals surface area contributed by atoms with Crippen LogP contribution in [-0.2, 0) is 16.0 Å². The van der Waals surface area contributed by atoms with Crippen molar-refractivity contribution in [1.29, 1.82) is 0 Å². The number of benzene rings is 2. The number of nitrogens with one attached hydrogen (secondary N) is 2. The number of carbonyl (C=O) groups excluding carboxylic acids is 2. The largest absolute Gasteiger partial charge is 0.318 e. The number of rotatable bonds is 3. The molecule has 0 saturated carbocycles. The van der Waals surface area contributed by atoms with Gasteiger partial charge in [-0.2, -0.15) is 0 Å². The van der Waals surface area contributed by atoms with Crippen molar-refractivity contribution in [1.82, 2.24) is 0 Å². The number of carbonyl (C=O) groups is 2. The van der Waals surface area contributed by atoms with E-state index in [9.17, 15) is 18.4 Å². The average Bonchev–Trinajstić information content (AvgIpc) is 2.51. The van der Waals surface area contributed by atoms with Gasteiger partial charge in [0.25, 0.3) is 0 Å². The molecule has 0 heterocycles. The van der Waals surface area contributed by atoms with Gasteiger partial charge in [-0.05, 0) is 36.2 Å². The van der Waals surface area contributed by atoms with Crippen LogP contribution in [0.15, 0.2) is 42.5 Å². The number of hydrogen-bond donors (Lipinski definition) is 2. The fourth-order valence-electron chi connectivity index (χ4n) is 1.80. The highest BCUT2D eigenvalue weighted by Gasteiger charge is 2.18. The highest BCUT2D eigenvalue weighted by Crippen LogP contribution is 2.18. The summed E-state index contributed by atoms with van der Waals surface area (Å²) in [5.41, 5.74) is 0.853. The first kappa shape index (κ1) is 15.6. The lowest BCUT2D eigenvalue weighted by molar-refractivity contribution is -0.133. The minimum absolute atomic E-state index is 0.423. The van der Waals surface area contributed by atoms with Crippen LogP contribution in [0.3, 0.4) is 0 Å². The Bertz CT molecular complexity index is 680. The summed E-state index contributed by atoms with van der Waals surface area (Å²) in [5.74, 6) is -4.06. The van der Waals surface area contributed by atoms with Crippen LogP contribution in [0.5, 0.6) is 0 Å². The molecule has 0 atom stereocenters. The molecule has 0 aliphatic rings. The summed E-state index contributed by atoms with van der Waals surface area (Å²) in [7, 11) is 0. The van der Waals surface area contributed by atoms with Crippen LogP contribution < -0.4 is 10.6 Å². The maximum absolute atomic E-state index is 13.4. The minimum Gasteiger partial charge on any atom is -0.318 e. The van der Waals surface area contributed by atoms with Crippen molar-refractivity contribution >= 4 is 23.2 Å². The number of anilines is 2. The second kappa shape index (κ2) is 6.80. The van der Waals surface area contributed by atoms with Gasteiger partial charge in [-0.25, -0.2) is 8.78 Å². The third-order valence-corrected chi connectivity index (χ3v) is 3.03. The van der Waals surface area contributed by atoms with Crippen LogP contribution in [0.1, 0.15) is 12.5 Å². The lowest BCUT2D eigenvalue weighted by Gasteiger charge is -2.08. The monoisotopic (exact) mass is 304 g/mol. The number of para-hydroxylation sites is 1. The van der Waals surface area contributed by atoms with Gasteiger partial charge in [-0.3, -0.25) is 9.59 Å². The van der Waals surface area contributed by atoms with Crippen LogP contribution in [0, 0.1) is 11.6 Å². The van der Waals surface area contributed by atoms with E-state index < -0.39 is 29.1 Å². The maximum atomic E-state index is 13.4. The first-order valence-corrected chi connectivity index (χ1v) is 6.66. The molecule has 2 amide bonds.